The fourth-order valence-corrected chi connectivity index (χ4v) is 3.96. The van der Waals surface area contributed by atoms with Gasteiger partial charge in [-0.1, -0.05) is 66.7 Å². The van der Waals surface area contributed by atoms with Crippen LogP contribution in [0.25, 0.3) is 17.2 Å². The summed E-state index contributed by atoms with van der Waals surface area (Å²) >= 11 is 0. The third-order valence-corrected chi connectivity index (χ3v) is 5.51. The second kappa shape index (κ2) is 9.49. The van der Waals surface area contributed by atoms with Crippen LogP contribution in [0.4, 0.5) is 4.79 Å². The fourth-order valence-electron chi connectivity index (χ4n) is 3.96. The van der Waals surface area contributed by atoms with Gasteiger partial charge in [-0.3, -0.25) is 0 Å². The zero-order valence-electron chi connectivity index (χ0n) is 17.1. The number of aliphatic hydroxyl groups excluding tert-OH is 1. The highest BCUT2D eigenvalue weighted by molar-refractivity contribution is 5.79. The molecule has 0 bridgehead atoms. The van der Waals surface area contributed by atoms with E-state index in [4.69, 9.17) is 4.74 Å². The van der Waals surface area contributed by atoms with E-state index in [0.29, 0.717) is 25.1 Å². The summed E-state index contributed by atoms with van der Waals surface area (Å²) in [6.07, 6.45) is 4.02. The molecule has 3 aromatic carbocycles. The molecule has 31 heavy (non-hydrogen) atoms. The van der Waals surface area contributed by atoms with E-state index in [9.17, 15) is 15.0 Å². The summed E-state index contributed by atoms with van der Waals surface area (Å²) in [5.74, 6) is 0.129. The maximum atomic E-state index is 12.2. The van der Waals surface area contributed by atoms with Gasteiger partial charge < -0.3 is 20.3 Å². The van der Waals surface area contributed by atoms with Crippen molar-refractivity contribution >= 4 is 12.2 Å². The molecule has 0 fully saturated rings. The summed E-state index contributed by atoms with van der Waals surface area (Å²) in [4.78, 5) is 12.2. The van der Waals surface area contributed by atoms with Gasteiger partial charge in [-0.05, 0) is 46.4 Å². The number of hydrogen-bond donors (Lipinski definition) is 3. The minimum Gasteiger partial charge on any atom is -0.508 e. The van der Waals surface area contributed by atoms with Crippen molar-refractivity contribution in [3.05, 3.63) is 95.1 Å². The van der Waals surface area contributed by atoms with E-state index in [-0.39, 0.29) is 18.3 Å². The Morgan fingerprint density at radius 3 is 2.35 bits per heavy atom. The number of hydrogen-bond acceptors (Lipinski definition) is 4. The molecule has 1 amide bonds. The molecule has 3 N–H and O–H groups in total. The van der Waals surface area contributed by atoms with Gasteiger partial charge in [-0.15, -0.1) is 0 Å². The summed E-state index contributed by atoms with van der Waals surface area (Å²) in [5, 5.41) is 21.6. The van der Waals surface area contributed by atoms with Crippen LogP contribution < -0.4 is 5.32 Å². The molecule has 0 aromatic heterocycles. The van der Waals surface area contributed by atoms with Crippen molar-refractivity contribution in [2.45, 2.75) is 18.9 Å². The van der Waals surface area contributed by atoms with E-state index in [2.05, 4.69) is 29.6 Å². The fraction of sp³-hybridized carbons (Fsp3) is 0.192. The summed E-state index contributed by atoms with van der Waals surface area (Å²) in [7, 11) is 0. The van der Waals surface area contributed by atoms with Crippen LogP contribution in [0.5, 0.6) is 5.75 Å². The van der Waals surface area contributed by atoms with Gasteiger partial charge in [0.1, 0.15) is 12.4 Å². The number of aliphatic hydroxyl groups is 1. The SMILES string of the molecule is O=C(NCCC=Cc1ccc(O)c(CO)c1)OCC1c2ccccc2-c2ccccc21. The van der Waals surface area contributed by atoms with Gasteiger partial charge in [0.2, 0.25) is 0 Å². The normalized spacial score (nSPS) is 12.5. The smallest absolute Gasteiger partial charge is 0.407 e. The molecule has 5 nitrogen and oxygen atoms in total. The van der Waals surface area contributed by atoms with E-state index in [1.54, 1.807) is 18.2 Å². The van der Waals surface area contributed by atoms with E-state index >= 15 is 0 Å². The van der Waals surface area contributed by atoms with Crippen LogP contribution in [-0.4, -0.2) is 29.5 Å². The lowest BCUT2D eigenvalue weighted by Gasteiger charge is -2.14. The van der Waals surface area contributed by atoms with Gasteiger partial charge in [0.25, 0.3) is 0 Å². The predicted octanol–water partition coefficient (Wildman–Crippen LogP) is 4.83. The number of fused-ring (bicyclic) bond motifs is 3. The lowest BCUT2D eigenvalue weighted by atomic mass is 9.98. The van der Waals surface area contributed by atoms with Crippen molar-refractivity contribution in [1.82, 2.24) is 5.32 Å². The highest BCUT2D eigenvalue weighted by atomic mass is 16.5. The van der Waals surface area contributed by atoms with Gasteiger partial charge in [0.15, 0.2) is 0 Å². The molecule has 0 atom stereocenters. The Morgan fingerprint density at radius 1 is 1.00 bits per heavy atom. The van der Waals surface area contributed by atoms with E-state index in [0.717, 1.165) is 5.56 Å². The van der Waals surface area contributed by atoms with Crippen molar-refractivity contribution in [3.8, 4) is 16.9 Å². The number of rotatable bonds is 7. The zero-order chi connectivity index (χ0) is 21.6. The minimum atomic E-state index is -0.428. The van der Waals surface area contributed by atoms with E-state index in [1.165, 1.54) is 22.3 Å². The number of amides is 1. The highest BCUT2D eigenvalue weighted by Crippen LogP contribution is 2.44. The molecule has 0 saturated carbocycles. The zero-order valence-corrected chi connectivity index (χ0v) is 17.1. The molecular weight excluding hydrogens is 390 g/mol. The molecule has 0 unspecified atom stereocenters. The van der Waals surface area contributed by atoms with Crippen molar-refractivity contribution in [2.75, 3.05) is 13.2 Å². The number of nitrogens with one attached hydrogen (secondary N) is 1. The summed E-state index contributed by atoms with van der Waals surface area (Å²) in [6.45, 7) is 0.544. The molecule has 5 heteroatoms. The van der Waals surface area contributed by atoms with Crippen LogP contribution in [-0.2, 0) is 11.3 Å². The lowest BCUT2D eigenvalue weighted by Crippen LogP contribution is -2.26. The van der Waals surface area contributed by atoms with Crippen LogP contribution in [0.3, 0.4) is 0 Å². The number of aromatic hydroxyl groups is 1. The molecular formula is C26H25NO4. The lowest BCUT2D eigenvalue weighted by molar-refractivity contribution is 0.143. The Kier molecular flexibility index (Phi) is 6.34. The van der Waals surface area contributed by atoms with Gasteiger partial charge in [0.05, 0.1) is 6.61 Å². The number of benzene rings is 3. The highest BCUT2D eigenvalue weighted by Gasteiger charge is 2.28. The Labute approximate surface area is 181 Å². The largest absolute Gasteiger partial charge is 0.508 e. The Bertz CT molecular complexity index is 1060. The number of ether oxygens (including phenoxy) is 1. The van der Waals surface area contributed by atoms with E-state index < -0.39 is 6.09 Å². The van der Waals surface area contributed by atoms with Crippen LogP contribution in [0.2, 0.25) is 0 Å². The number of carbonyl (C=O) groups excluding carboxylic acids is 1. The molecule has 0 aliphatic heterocycles. The molecule has 0 saturated heterocycles. The number of carbonyl (C=O) groups is 1. The first kappa shape index (κ1) is 20.7. The van der Waals surface area contributed by atoms with Crippen molar-refractivity contribution in [2.24, 2.45) is 0 Å². The van der Waals surface area contributed by atoms with Crippen LogP contribution >= 0.6 is 0 Å². The molecule has 158 valence electrons. The summed E-state index contributed by atoms with van der Waals surface area (Å²) < 4.78 is 5.52. The molecule has 1 aliphatic carbocycles. The predicted molar refractivity (Wildman–Crippen MR) is 121 cm³/mol. The van der Waals surface area contributed by atoms with Crippen molar-refractivity contribution in [1.29, 1.82) is 0 Å². The Hall–Kier alpha value is -3.57. The number of alkyl carbamates (subject to hydrolysis) is 1. The van der Waals surface area contributed by atoms with Gasteiger partial charge in [0, 0.05) is 18.0 Å². The third kappa shape index (κ3) is 4.62. The molecule has 3 aromatic rings. The number of phenols is 1. The maximum Gasteiger partial charge on any atom is 0.407 e. The second-order valence-corrected chi connectivity index (χ2v) is 7.49. The monoisotopic (exact) mass is 415 g/mol. The second-order valence-electron chi connectivity index (χ2n) is 7.49. The first-order chi connectivity index (χ1) is 15.2. The molecule has 0 spiro atoms. The van der Waals surface area contributed by atoms with Gasteiger partial charge in [-0.25, -0.2) is 4.79 Å². The van der Waals surface area contributed by atoms with E-state index in [1.807, 2.05) is 36.4 Å². The first-order valence-corrected chi connectivity index (χ1v) is 10.4. The van der Waals surface area contributed by atoms with Gasteiger partial charge in [-0.2, -0.15) is 0 Å². The van der Waals surface area contributed by atoms with Crippen LogP contribution in [0.1, 0.15) is 34.6 Å². The molecule has 0 heterocycles. The first-order valence-electron chi connectivity index (χ1n) is 10.4. The minimum absolute atomic E-state index is 0.0493. The third-order valence-electron chi connectivity index (χ3n) is 5.51. The van der Waals surface area contributed by atoms with Crippen LogP contribution in [0.15, 0.2) is 72.8 Å². The summed E-state index contributed by atoms with van der Waals surface area (Å²) in [6, 6.07) is 21.5. The topological polar surface area (TPSA) is 78.8 Å². The van der Waals surface area contributed by atoms with Crippen LogP contribution in [0, 0.1) is 0 Å². The summed E-state index contributed by atoms with van der Waals surface area (Å²) in [5.41, 5.74) is 6.15. The molecule has 1 aliphatic rings. The molecule has 4 rings (SSSR count). The Morgan fingerprint density at radius 2 is 1.68 bits per heavy atom. The van der Waals surface area contributed by atoms with Gasteiger partial charge >= 0.3 is 6.09 Å². The average molecular weight is 415 g/mol. The standard InChI is InChI=1S/C26H25NO4/c28-16-19-15-18(12-13-25(19)29)7-5-6-14-27-26(30)31-17-24-22-10-3-1-8-20(22)21-9-2-4-11-23(21)24/h1-5,7-13,15,24,28-29H,6,14,16-17H2,(H,27,30). The Balaban J connectivity index is 1.27. The quantitative estimate of drug-likeness (QED) is 0.483. The average Bonchev–Trinajstić information content (AvgIpc) is 3.12. The maximum absolute atomic E-state index is 12.2. The molecule has 0 radical (unpaired) electrons. The van der Waals surface area contributed by atoms with Crippen molar-refractivity contribution < 1.29 is 19.7 Å². The van der Waals surface area contributed by atoms with Crippen molar-refractivity contribution in [3.63, 3.8) is 0 Å².